The Labute approximate surface area is 156 Å². The average Bonchev–Trinajstić information content (AvgIpc) is 2.94. The molecule has 1 heterocycles. The molecule has 0 aliphatic carbocycles. The Bertz CT molecular complexity index is 936. The number of carboxylic acid groups (broad SMARTS) is 1. The lowest BCUT2D eigenvalue weighted by Crippen LogP contribution is -2.06. The van der Waals surface area contributed by atoms with Crippen LogP contribution in [-0.2, 0) is 20.1 Å². The van der Waals surface area contributed by atoms with Crippen molar-refractivity contribution in [3.63, 3.8) is 0 Å². The standard InChI is InChI=1S/C20H19ClN2O3/c1-3-13-10-7-11-15(20(24)25)18(13)26-12-16-17(22-23(2)19(16)21)14-8-5-4-6-9-14/h4-11H,3,12H2,1-2H3,(H,24,25). The molecule has 0 radical (unpaired) electrons. The lowest BCUT2D eigenvalue weighted by atomic mass is 10.1. The summed E-state index contributed by atoms with van der Waals surface area (Å²) in [4.78, 5) is 11.5. The third-order valence-corrected chi connectivity index (χ3v) is 4.66. The first-order chi connectivity index (χ1) is 12.5. The van der Waals surface area contributed by atoms with Crippen molar-refractivity contribution in [3.8, 4) is 17.0 Å². The van der Waals surface area contributed by atoms with Gasteiger partial charge in [0.2, 0.25) is 0 Å². The minimum atomic E-state index is -1.02. The van der Waals surface area contributed by atoms with Gasteiger partial charge >= 0.3 is 5.97 Å². The van der Waals surface area contributed by atoms with E-state index in [1.54, 1.807) is 23.9 Å². The highest BCUT2D eigenvalue weighted by Crippen LogP contribution is 2.31. The molecule has 0 fully saturated rings. The maximum absolute atomic E-state index is 11.5. The normalized spacial score (nSPS) is 10.7. The Morgan fingerprint density at radius 3 is 2.58 bits per heavy atom. The molecule has 0 saturated carbocycles. The van der Waals surface area contributed by atoms with E-state index in [9.17, 15) is 9.90 Å². The Morgan fingerprint density at radius 1 is 1.19 bits per heavy atom. The number of aromatic nitrogens is 2. The summed E-state index contributed by atoms with van der Waals surface area (Å²) in [7, 11) is 1.76. The summed E-state index contributed by atoms with van der Waals surface area (Å²) < 4.78 is 7.53. The van der Waals surface area contributed by atoms with Crippen LogP contribution < -0.4 is 4.74 Å². The maximum atomic E-state index is 11.5. The zero-order valence-corrected chi connectivity index (χ0v) is 15.3. The number of aryl methyl sites for hydroxylation is 2. The second kappa shape index (κ2) is 7.62. The van der Waals surface area contributed by atoms with Crippen LogP contribution in [0.1, 0.15) is 28.4 Å². The highest BCUT2D eigenvalue weighted by atomic mass is 35.5. The fraction of sp³-hybridized carbons (Fsp3) is 0.200. The number of halogens is 1. The number of benzene rings is 2. The Balaban J connectivity index is 1.98. The van der Waals surface area contributed by atoms with Gasteiger partial charge in [0.25, 0.3) is 0 Å². The van der Waals surface area contributed by atoms with Gasteiger partial charge < -0.3 is 9.84 Å². The molecule has 0 atom stereocenters. The molecular formula is C20H19ClN2O3. The van der Waals surface area contributed by atoms with Crippen LogP contribution in [0.3, 0.4) is 0 Å². The van der Waals surface area contributed by atoms with Gasteiger partial charge in [0.05, 0.1) is 5.56 Å². The number of para-hydroxylation sites is 1. The van der Waals surface area contributed by atoms with Gasteiger partial charge in [-0.3, -0.25) is 4.68 Å². The number of aromatic carboxylic acids is 1. The summed E-state index contributed by atoms with van der Waals surface area (Å²) in [6, 6.07) is 14.8. The van der Waals surface area contributed by atoms with E-state index in [0.717, 1.165) is 22.4 Å². The quantitative estimate of drug-likeness (QED) is 0.689. The maximum Gasteiger partial charge on any atom is 0.339 e. The number of carboxylic acids is 1. The molecule has 0 spiro atoms. The number of hydrogen-bond acceptors (Lipinski definition) is 3. The number of rotatable bonds is 6. The van der Waals surface area contributed by atoms with Crippen molar-refractivity contribution >= 4 is 17.6 Å². The van der Waals surface area contributed by atoms with Crippen LogP contribution in [0.2, 0.25) is 5.15 Å². The fourth-order valence-corrected chi connectivity index (χ4v) is 3.03. The van der Waals surface area contributed by atoms with Crippen molar-refractivity contribution in [1.82, 2.24) is 9.78 Å². The van der Waals surface area contributed by atoms with Crippen LogP contribution in [0.15, 0.2) is 48.5 Å². The van der Waals surface area contributed by atoms with Gasteiger partial charge in [0.1, 0.15) is 28.8 Å². The molecule has 3 aromatic rings. The largest absolute Gasteiger partial charge is 0.488 e. The third-order valence-electron chi connectivity index (χ3n) is 4.18. The van der Waals surface area contributed by atoms with Crippen molar-refractivity contribution in [3.05, 3.63) is 70.4 Å². The zero-order chi connectivity index (χ0) is 18.7. The first kappa shape index (κ1) is 18.0. The van der Waals surface area contributed by atoms with E-state index in [-0.39, 0.29) is 12.2 Å². The lowest BCUT2D eigenvalue weighted by molar-refractivity contribution is 0.0691. The van der Waals surface area contributed by atoms with E-state index in [1.807, 2.05) is 43.3 Å². The Kier molecular flexibility index (Phi) is 5.28. The molecule has 0 aliphatic rings. The molecule has 0 aliphatic heterocycles. The SMILES string of the molecule is CCc1cccc(C(=O)O)c1OCc1c(-c2ccccc2)nn(C)c1Cl. The molecule has 3 rings (SSSR count). The molecule has 2 aromatic carbocycles. The molecule has 1 aromatic heterocycles. The summed E-state index contributed by atoms with van der Waals surface area (Å²) >= 11 is 6.41. The van der Waals surface area contributed by atoms with Gasteiger partial charge in [-0.15, -0.1) is 0 Å². The second-order valence-electron chi connectivity index (χ2n) is 5.85. The number of nitrogens with zero attached hydrogens (tertiary/aromatic N) is 2. The summed E-state index contributed by atoms with van der Waals surface area (Å²) in [5, 5.41) is 14.4. The minimum absolute atomic E-state index is 0.133. The predicted octanol–water partition coefficient (Wildman–Crippen LogP) is 4.58. The molecule has 0 unspecified atom stereocenters. The summed E-state index contributed by atoms with van der Waals surface area (Å²) in [6.07, 6.45) is 0.669. The Hall–Kier alpha value is -2.79. The Morgan fingerprint density at radius 2 is 1.92 bits per heavy atom. The van der Waals surface area contributed by atoms with Gasteiger partial charge in [-0.25, -0.2) is 4.79 Å². The zero-order valence-electron chi connectivity index (χ0n) is 14.6. The molecule has 0 bridgehead atoms. The van der Waals surface area contributed by atoms with Crippen LogP contribution in [0.5, 0.6) is 5.75 Å². The van der Waals surface area contributed by atoms with E-state index in [2.05, 4.69) is 5.10 Å². The van der Waals surface area contributed by atoms with Gasteiger partial charge in [0.15, 0.2) is 0 Å². The van der Waals surface area contributed by atoms with Gasteiger partial charge in [-0.1, -0.05) is 61.0 Å². The van der Waals surface area contributed by atoms with Crippen molar-refractivity contribution < 1.29 is 14.6 Å². The fourth-order valence-electron chi connectivity index (χ4n) is 2.85. The van der Waals surface area contributed by atoms with Crippen molar-refractivity contribution in [2.75, 3.05) is 0 Å². The van der Waals surface area contributed by atoms with Crippen molar-refractivity contribution in [2.45, 2.75) is 20.0 Å². The topological polar surface area (TPSA) is 64.3 Å². The van der Waals surface area contributed by atoms with Crippen LogP contribution in [-0.4, -0.2) is 20.9 Å². The van der Waals surface area contributed by atoms with E-state index in [0.29, 0.717) is 17.3 Å². The summed E-state index contributed by atoms with van der Waals surface area (Å²) in [5.74, 6) is -0.641. The van der Waals surface area contributed by atoms with Crippen LogP contribution in [0.4, 0.5) is 0 Å². The van der Waals surface area contributed by atoms with Gasteiger partial charge in [-0.05, 0) is 18.1 Å². The molecule has 5 nitrogen and oxygen atoms in total. The molecule has 134 valence electrons. The van der Waals surface area contributed by atoms with E-state index in [1.165, 1.54) is 0 Å². The van der Waals surface area contributed by atoms with Crippen molar-refractivity contribution in [1.29, 1.82) is 0 Å². The summed E-state index contributed by atoms with van der Waals surface area (Å²) in [5.41, 5.74) is 3.36. The monoisotopic (exact) mass is 370 g/mol. The number of ether oxygens (including phenoxy) is 1. The molecule has 0 amide bonds. The van der Waals surface area contributed by atoms with E-state index >= 15 is 0 Å². The van der Waals surface area contributed by atoms with Gasteiger partial charge in [0, 0.05) is 12.6 Å². The van der Waals surface area contributed by atoms with E-state index < -0.39 is 5.97 Å². The molecule has 1 N–H and O–H groups in total. The number of carbonyl (C=O) groups is 1. The first-order valence-corrected chi connectivity index (χ1v) is 8.65. The molecule has 6 heteroatoms. The molecule has 0 saturated heterocycles. The van der Waals surface area contributed by atoms with Crippen LogP contribution in [0.25, 0.3) is 11.3 Å². The summed E-state index contributed by atoms with van der Waals surface area (Å²) in [6.45, 7) is 2.09. The van der Waals surface area contributed by atoms with E-state index in [4.69, 9.17) is 16.3 Å². The first-order valence-electron chi connectivity index (χ1n) is 8.27. The van der Waals surface area contributed by atoms with Crippen LogP contribution >= 0.6 is 11.6 Å². The van der Waals surface area contributed by atoms with Crippen LogP contribution in [0, 0.1) is 0 Å². The number of hydrogen-bond donors (Lipinski definition) is 1. The lowest BCUT2D eigenvalue weighted by Gasteiger charge is -2.13. The average molecular weight is 371 g/mol. The highest BCUT2D eigenvalue weighted by molar-refractivity contribution is 6.30. The highest BCUT2D eigenvalue weighted by Gasteiger charge is 2.20. The van der Waals surface area contributed by atoms with Crippen molar-refractivity contribution in [2.24, 2.45) is 7.05 Å². The molecular weight excluding hydrogens is 352 g/mol. The van der Waals surface area contributed by atoms with Gasteiger partial charge in [-0.2, -0.15) is 5.10 Å². The minimum Gasteiger partial charge on any atom is -0.488 e. The molecule has 26 heavy (non-hydrogen) atoms. The third kappa shape index (κ3) is 3.44. The second-order valence-corrected chi connectivity index (χ2v) is 6.21. The smallest absolute Gasteiger partial charge is 0.339 e. The predicted molar refractivity (Wildman–Crippen MR) is 101 cm³/mol.